The number of nitrogens with zero attached hydrogens (tertiary/aromatic N) is 2. The summed E-state index contributed by atoms with van der Waals surface area (Å²) in [5, 5.41) is 2.42. The van der Waals surface area contributed by atoms with Crippen molar-refractivity contribution in [3.63, 3.8) is 0 Å². The largest absolute Gasteiger partial charge is 0.497 e. The first-order chi connectivity index (χ1) is 16.4. The van der Waals surface area contributed by atoms with Crippen LogP contribution in [-0.2, 0) is 16.1 Å². The van der Waals surface area contributed by atoms with Crippen molar-refractivity contribution in [1.82, 2.24) is 4.90 Å². The maximum absolute atomic E-state index is 13.3. The molecule has 6 nitrogen and oxygen atoms in total. The third-order valence-corrected chi connectivity index (χ3v) is 6.25. The minimum absolute atomic E-state index is 0.0809. The van der Waals surface area contributed by atoms with Crippen molar-refractivity contribution in [3.05, 3.63) is 90.0 Å². The summed E-state index contributed by atoms with van der Waals surface area (Å²) in [6.07, 6.45) is -0.0809. The fourth-order valence-corrected chi connectivity index (χ4v) is 4.48. The fraction of sp³-hybridized carbons (Fsp3) is 0.160. The van der Waals surface area contributed by atoms with Gasteiger partial charge in [0.1, 0.15) is 22.6 Å². The van der Waals surface area contributed by atoms with Gasteiger partial charge in [-0.2, -0.15) is 0 Å². The number of aliphatic imine (C=N–C) groups is 1. The van der Waals surface area contributed by atoms with Crippen LogP contribution in [0.15, 0.2) is 77.8 Å². The van der Waals surface area contributed by atoms with E-state index >= 15 is 0 Å². The molecule has 2 amide bonds. The Bertz CT molecular complexity index is 1200. The molecule has 0 radical (unpaired) electrons. The van der Waals surface area contributed by atoms with Crippen LogP contribution in [0.3, 0.4) is 0 Å². The van der Waals surface area contributed by atoms with E-state index in [9.17, 15) is 18.4 Å². The summed E-state index contributed by atoms with van der Waals surface area (Å²) in [4.78, 5) is 31.8. The summed E-state index contributed by atoms with van der Waals surface area (Å²) in [5.74, 6) is -0.720. The van der Waals surface area contributed by atoms with E-state index in [2.05, 4.69) is 10.3 Å². The fourth-order valence-electron chi connectivity index (χ4n) is 3.32. The molecule has 1 aliphatic rings. The van der Waals surface area contributed by atoms with Gasteiger partial charge in [0.25, 0.3) is 0 Å². The van der Waals surface area contributed by atoms with Crippen LogP contribution in [0.2, 0.25) is 0 Å². The van der Waals surface area contributed by atoms with Crippen LogP contribution in [0.5, 0.6) is 5.75 Å². The molecule has 1 fully saturated rings. The molecule has 0 spiro atoms. The molecule has 1 N–H and O–H groups in total. The Morgan fingerprint density at radius 3 is 2.24 bits per heavy atom. The van der Waals surface area contributed by atoms with Crippen molar-refractivity contribution in [1.29, 1.82) is 0 Å². The predicted molar refractivity (Wildman–Crippen MR) is 128 cm³/mol. The van der Waals surface area contributed by atoms with Crippen molar-refractivity contribution in [3.8, 4) is 5.75 Å². The van der Waals surface area contributed by atoms with E-state index in [0.29, 0.717) is 22.3 Å². The highest BCUT2D eigenvalue weighted by Crippen LogP contribution is 2.33. The molecule has 0 saturated carbocycles. The second kappa shape index (κ2) is 10.5. The summed E-state index contributed by atoms with van der Waals surface area (Å²) in [6, 6.07) is 18.3. The van der Waals surface area contributed by atoms with Crippen LogP contribution in [0.1, 0.15) is 12.0 Å². The highest BCUT2D eigenvalue weighted by atomic mass is 32.2. The predicted octanol–water partition coefficient (Wildman–Crippen LogP) is 5.13. The number of hydrogen-bond acceptors (Lipinski definition) is 5. The number of rotatable bonds is 7. The van der Waals surface area contributed by atoms with E-state index in [1.807, 2.05) is 12.1 Å². The van der Waals surface area contributed by atoms with Gasteiger partial charge in [-0.15, -0.1) is 0 Å². The van der Waals surface area contributed by atoms with E-state index in [0.717, 1.165) is 5.56 Å². The number of benzene rings is 3. The Hall–Kier alpha value is -3.72. The summed E-state index contributed by atoms with van der Waals surface area (Å²) >= 11 is 1.18. The number of amidine groups is 1. The Morgan fingerprint density at radius 1 is 1.00 bits per heavy atom. The number of methoxy groups -OCH3 is 1. The van der Waals surface area contributed by atoms with Gasteiger partial charge in [0, 0.05) is 12.1 Å². The van der Waals surface area contributed by atoms with Crippen LogP contribution < -0.4 is 10.1 Å². The van der Waals surface area contributed by atoms with Gasteiger partial charge in [-0.1, -0.05) is 23.9 Å². The van der Waals surface area contributed by atoms with Crippen molar-refractivity contribution in [2.45, 2.75) is 18.2 Å². The molecule has 3 aromatic carbocycles. The van der Waals surface area contributed by atoms with Gasteiger partial charge < -0.3 is 10.1 Å². The lowest BCUT2D eigenvalue weighted by Crippen LogP contribution is -2.33. The highest BCUT2D eigenvalue weighted by molar-refractivity contribution is 8.15. The molecule has 1 saturated heterocycles. The van der Waals surface area contributed by atoms with E-state index in [1.165, 1.54) is 65.2 Å². The van der Waals surface area contributed by atoms with Crippen LogP contribution in [-0.4, -0.2) is 34.2 Å². The van der Waals surface area contributed by atoms with Gasteiger partial charge in [-0.25, -0.2) is 13.8 Å². The Kier molecular flexibility index (Phi) is 7.22. The molecule has 1 aliphatic heterocycles. The average Bonchev–Trinajstić information content (AvgIpc) is 3.11. The first kappa shape index (κ1) is 23.4. The summed E-state index contributed by atoms with van der Waals surface area (Å²) in [6.45, 7) is 0.256. The molecule has 1 heterocycles. The number of carbonyl (C=O) groups is 2. The Morgan fingerprint density at radius 2 is 1.62 bits per heavy atom. The molecule has 9 heteroatoms. The summed E-state index contributed by atoms with van der Waals surface area (Å²) in [5.41, 5.74) is 1.79. The summed E-state index contributed by atoms with van der Waals surface area (Å²) in [7, 11) is 1.57. The number of ether oxygens (including phenoxy) is 1. The molecule has 3 aromatic rings. The first-order valence-electron chi connectivity index (χ1n) is 10.4. The normalized spacial score (nSPS) is 16.7. The lowest BCUT2D eigenvalue weighted by molar-refractivity contribution is -0.128. The van der Waals surface area contributed by atoms with Gasteiger partial charge in [0.05, 0.1) is 19.3 Å². The standard InChI is InChI=1S/C25H21F2N3O3S/c1-33-21-12-2-16(3-13-21)15-30-24(32)22(14-23(31)28-19-8-4-17(26)5-9-19)34-25(30)29-20-10-6-18(27)7-11-20/h2-13,22H,14-15H2,1H3,(H,28,31)/t22-/m1/s1. The average molecular weight is 482 g/mol. The lowest BCUT2D eigenvalue weighted by atomic mass is 10.2. The summed E-state index contributed by atoms with van der Waals surface area (Å²) < 4.78 is 31.6. The zero-order chi connectivity index (χ0) is 24.1. The quantitative estimate of drug-likeness (QED) is 0.508. The first-order valence-corrected chi connectivity index (χ1v) is 11.3. The minimum atomic E-state index is -0.683. The highest BCUT2D eigenvalue weighted by Gasteiger charge is 2.39. The zero-order valence-corrected chi connectivity index (χ0v) is 19.0. The number of amides is 2. The third kappa shape index (κ3) is 5.79. The molecular formula is C25H21F2N3O3S. The van der Waals surface area contributed by atoms with Crippen molar-refractivity contribution in [2.75, 3.05) is 12.4 Å². The smallest absolute Gasteiger partial charge is 0.242 e. The molecule has 4 rings (SSSR count). The van der Waals surface area contributed by atoms with E-state index < -0.39 is 11.1 Å². The molecule has 174 valence electrons. The zero-order valence-electron chi connectivity index (χ0n) is 18.2. The number of thioether (sulfide) groups is 1. The SMILES string of the molecule is COc1ccc(CN2C(=O)[C@@H](CC(=O)Nc3ccc(F)cc3)SC2=Nc2ccc(F)cc2)cc1. The second-order valence-electron chi connectivity index (χ2n) is 7.51. The van der Waals surface area contributed by atoms with Gasteiger partial charge >= 0.3 is 0 Å². The maximum Gasteiger partial charge on any atom is 0.242 e. The van der Waals surface area contributed by atoms with Crippen LogP contribution in [0.4, 0.5) is 20.2 Å². The molecular weight excluding hydrogens is 460 g/mol. The molecule has 0 bridgehead atoms. The van der Waals surface area contributed by atoms with Crippen LogP contribution in [0.25, 0.3) is 0 Å². The van der Waals surface area contributed by atoms with Crippen LogP contribution in [0, 0.1) is 11.6 Å². The Labute approximate surface area is 199 Å². The van der Waals surface area contributed by atoms with Gasteiger partial charge in [-0.3, -0.25) is 14.5 Å². The van der Waals surface area contributed by atoms with Gasteiger partial charge in [0.2, 0.25) is 11.8 Å². The number of carbonyl (C=O) groups excluding carboxylic acids is 2. The second-order valence-corrected chi connectivity index (χ2v) is 8.68. The topological polar surface area (TPSA) is 71.0 Å². The van der Waals surface area contributed by atoms with Crippen molar-refractivity contribution in [2.24, 2.45) is 4.99 Å². The van der Waals surface area contributed by atoms with E-state index in [1.54, 1.807) is 19.2 Å². The van der Waals surface area contributed by atoms with Crippen molar-refractivity contribution < 1.29 is 23.1 Å². The number of nitrogens with one attached hydrogen (secondary N) is 1. The maximum atomic E-state index is 13.3. The molecule has 1 atom stereocenters. The number of anilines is 1. The molecule has 0 aliphatic carbocycles. The molecule has 0 unspecified atom stereocenters. The van der Waals surface area contributed by atoms with Gasteiger partial charge in [-0.05, 0) is 66.2 Å². The lowest BCUT2D eigenvalue weighted by Gasteiger charge is -2.17. The van der Waals surface area contributed by atoms with E-state index in [-0.39, 0.29) is 30.6 Å². The monoisotopic (exact) mass is 481 g/mol. The number of halogens is 2. The van der Waals surface area contributed by atoms with E-state index in [4.69, 9.17) is 4.74 Å². The third-order valence-electron chi connectivity index (χ3n) is 5.07. The van der Waals surface area contributed by atoms with Crippen molar-refractivity contribution >= 4 is 40.1 Å². The minimum Gasteiger partial charge on any atom is -0.497 e. The molecule has 34 heavy (non-hydrogen) atoms. The van der Waals surface area contributed by atoms with Gasteiger partial charge in [0.15, 0.2) is 5.17 Å². The Balaban J connectivity index is 1.53. The van der Waals surface area contributed by atoms with Crippen LogP contribution >= 0.6 is 11.8 Å². The number of hydrogen-bond donors (Lipinski definition) is 1. The molecule has 0 aromatic heterocycles.